The maximum Gasteiger partial charge on any atom is 0.313 e. The highest BCUT2D eigenvalue weighted by Crippen LogP contribution is 2.23. The van der Waals surface area contributed by atoms with Gasteiger partial charge >= 0.3 is 5.97 Å². The average molecular weight is 414 g/mol. The van der Waals surface area contributed by atoms with E-state index in [9.17, 15) is 9.59 Å². The lowest BCUT2D eigenvalue weighted by molar-refractivity contribution is -0.147. The Morgan fingerprint density at radius 1 is 1.41 bits per heavy atom. The van der Waals surface area contributed by atoms with E-state index in [-0.39, 0.29) is 11.5 Å². The summed E-state index contributed by atoms with van der Waals surface area (Å²) in [6.07, 6.45) is -0.501. The Morgan fingerprint density at radius 3 is 2.97 bits per heavy atom. The quantitative estimate of drug-likeness (QED) is 0.431. The fourth-order valence-electron chi connectivity index (χ4n) is 3.41. The molecule has 3 heterocycles. The number of hydrogen-bond acceptors (Lipinski definition) is 8. The molecule has 10 heteroatoms. The van der Waals surface area contributed by atoms with Crippen LogP contribution in [0, 0.1) is 12.8 Å². The number of thiazole rings is 1. The predicted molar refractivity (Wildman–Crippen MR) is 112 cm³/mol. The van der Waals surface area contributed by atoms with Gasteiger partial charge in [-0.2, -0.15) is 4.68 Å². The van der Waals surface area contributed by atoms with Crippen LogP contribution in [-0.4, -0.2) is 45.8 Å². The largest absolute Gasteiger partial charge is 0.466 e. The Kier molecular flexibility index (Phi) is 5.31. The molecule has 0 amide bonds. The lowest BCUT2D eigenvalue weighted by Gasteiger charge is -2.14. The summed E-state index contributed by atoms with van der Waals surface area (Å²) in [5.41, 5.74) is 8.24. The maximum atomic E-state index is 13.1. The van der Waals surface area contributed by atoms with Gasteiger partial charge in [-0.1, -0.05) is 23.5 Å². The maximum absolute atomic E-state index is 13.1. The molecule has 4 rings (SSSR count). The molecule has 3 N–H and O–H groups in total. The van der Waals surface area contributed by atoms with Crippen molar-refractivity contribution in [1.82, 2.24) is 25.6 Å². The van der Waals surface area contributed by atoms with Crippen molar-refractivity contribution in [2.24, 2.45) is 10.9 Å². The summed E-state index contributed by atoms with van der Waals surface area (Å²) in [5.74, 6) is -0.764. The first-order valence-electron chi connectivity index (χ1n) is 9.37. The Hall–Kier alpha value is -2.82. The van der Waals surface area contributed by atoms with Crippen LogP contribution in [-0.2, 0) is 9.53 Å². The van der Waals surface area contributed by atoms with Gasteiger partial charge in [-0.25, -0.2) is 10.4 Å². The van der Waals surface area contributed by atoms with Crippen LogP contribution in [0.5, 0.6) is 0 Å². The van der Waals surface area contributed by atoms with Gasteiger partial charge in [-0.3, -0.25) is 25.1 Å². The van der Waals surface area contributed by atoms with Crippen LogP contribution in [0.4, 0.5) is 0 Å². The fraction of sp³-hybridized carbons (Fsp3) is 0.368. The van der Waals surface area contributed by atoms with Crippen molar-refractivity contribution in [3.63, 3.8) is 0 Å². The molecular formula is C19H22N6O3S. The molecule has 1 aliphatic rings. The Balaban J connectivity index is 1.67. The van der Waals surface area contributed by atoms with Crippen LogP contribution < -0.4 is 16.4 Å². The van der Waals surface area contributed by atoms with E-state index in [0.717, 1.165) is 10.2 Å². The summed E-state index contributed by atoms with van der Waals surface area (Å²) in [4.78, 5) is 34.4. The van der Waals surface area contributed by atoms with Crippen LogP contribution in [0.15, 0.2) is 34.1 Å². The number of carbonyl (C=O) groups is 1. The van der Waals surface area contributed by atoms with Gasteiger partial charge in [0.25, 0.3) is 5.56 Å². The van der Waals surface area contributed by atoms with Crippen molar-refractivity contribution in [2.75, 3.05) is 13.2 Å². The van der Waals surface area contributed by atoms with E-state index < -0.39 is 12.1 Å². The lowest BCUT2D eigenvalue weighted by Crippen LogP contribution is -2.34. The molecule has 0 bridgehead atoms. The molecule has 0 radical (unpaired) electrons. The second-order valence-electron chi connectivity index (χ2n) is 6.76. The Morgan fingerprint density at radius 2 is 2.21 bits per heavy atom. The van der Waals surface area contributed by atoms with Crippen LogP contribution >= 0.6 is 11.3 Å². The molecule has 29 heavy (non-hydrogen) atoms. The molecule has 1 fully saturated rings. The first-order chi connectivity index (χ1) is 14.0. The number of hydrogen-bond donors (Lipinski definition) is 3. The minimum atomic E-state index is -0.501. The molecule has 0 aliphatic carbocycles. The number of rotatable bonds is 5. The predicted octanol–water partition coefficient (Wildman–Crippen LogP) is 1.51. The summed E-state index contributed by atoms with van der Waals surface area (Å²) in [7, 11) is 0. The van der Waals surface area contributed by atoms with Crippen molar-refractivity contribution < 1.29 is 9.53 Å². The minimum absolute atomic E-state index is 0.221. The zero-order chi connectivity index (χ0) is 20.5. The van der Waals surface area contributed by atoms with Crippen LogP contribution in [0.2, 0.25) is 0 Å². The number of carbonyl (C=O) groups excluding carboxylic acids is 1. The molecule has 2 aromatic heterocycles. The van der Waals surface area contributed by atoms with Crippen LogP contribution in [0.1, 0.15) is 25.1 Å². The summed E-state index contributed by atoms with van der Waals surface area (Å²) in [5, 5.41) is 3.67. The minimum Gasteiger partial charge on any atom is -0.466 e. The number of nitrogens with zero attached hydrogens (tertiary/aromatic N) is 3. The molecule has 152 valence electrons. The van der Waals surface area contributed by atoms with Gasteiger partial charge in [0, 0.05) is 18.0 Å². The highest BCUT2D eigenvalue weighted by molar-refractivity contribution is 7.20. The molecule has 3 aromatic rings. The molecule has 0 spiro atoms. The number of aliphatic imine (C=N–C) groups is 1. The summed E-state index contributed by atoms with van der Waals surface area (Å²) in [6, 6.07) is 7.74. The standard InChI is InChI=1S/C19H22N6O3S/c1-4-28-18(27)12-9-20-23-16(12)21-10(2)15-11(3)24-25(17(15)26)19-22-13-7-5-6-8-14(13)29-19/h5-8,12,16,20,23-24H,4,9H2,1-3H3/b21-10+. The number of esters is 1. The van der Waals surface area contributed by atoms with Gasteiger partial charge in [0.1, 0.15) is 12.1 Å². The SMILES string of the molecule is CCOC(=O)C1CNNC1/N=C(\C)c1c(C)[nH]n(-c2nc3ccccc3s2)c1=O. The summed E-state index contributed by atoms with van der Waals surface area (Å²) < 4.78 is 7.56. The summed E-state index contributed by atoms with van der Waals surface area (Å²) >= 11 is 1.44. The van der Waals surface area contributed by atoms with E-state index in [4.69, 9.17) is 4.74 Å². The molecule has 0 saturated carbocycles. The molecule has 2 unspecified atom stereocenters. The van der Waals surface area contributed by atoms with E-state index in [2.05, 4.69) is 25.9 Å². The Labute approximate surface area is 170 Å². The van der Waals surface area contributed by atoms with Gasteiger partial charge in [0.05, 0.1) is 22.4 Å². The fourth-order valence-corrected chi connectivity index (χ4v) is 4.33. The number of para-hydroxylation sites is 1. The third-order valence-corrected chi connectivity index (χ3v) is 5.80. The summed E-state index contributed by atoms with van der Waals surface area (Å²) in [6.45, 7) is 6.09. The number of H-pyrrole nitrogens is 1. The van der Waals surface area contributed by atoms with Gasteiger partial charge in [-0.05, 0) is 32.9 Å². The third-order valence-electron chi connectivity index (χ3n) is 4.78. The van der Waals surface area contributed by atoms with E-state index in [1.165, 1.54) is 16.0 Å². The second-order valence-corrected chi connectivity index (χ2v) is 7.77. The topological polar surface area (TPSA) is 113 Å². The number of aromatic nitrogens is 3. The zero-order valence-electron chi connectivity index (χ0n) is 16.4. The average Bonchev–Trinajstić information content (AvgIpc) is 3.38. The van der Waals surface area contributed by atoms with E-state index in [0.29, 0.717) is 35.3 Å². The first-order valence-corrected chi connectivity index (χ1v) is 10.2. The molecule has 9 nitrogen and oxygen atoms in total. The van der Waals surface area contributed by atoms with Crippen molar-refractivity contribution in [2.45, 2.75) is 26.9 Å². The van der Waals surface area contributed by atoms with Crippen molar-refractivity contribution in [1.29, 1.82) is 0 Å². The van der Waals surface area contributed by atoms with E-state index in [1.54, 1.807) is 13.8 Å². The lowest BCUT2D eigenvalue weighted by atomic mass is 10.1. The van der Waals surface area contributed by atoms with Crippen molar-refractivity contribution in [3.8, 4) is 5.13 Å². The third kappa shape index (κ3) is 3.61. The van der Waals surface area contributed by atoms with Gasteiger partial charge < -0.3 is 4.74 Å². The van der Waals surface area contributed by atoms with Crippen LogP contribution in [0.3, 0.4) is 0 Å². The van der Waals surface area contributed by atoms with Gasteiger partial charge in [0.15, 0.2) is 0 Å². The monoisotopic (exact) mass is 414 g/mol. The van der Waals surface area contributed by atoms with Crippen LogP contribution in [0.25, 0.3) is 15.3 Å². The molecule has 1 aliphatic heterocycles. The van der Waals surface area contributed by atoms with Crippen molar-refractivity contribution in [3.05, 3.63) is 45.9 Å². The Bertz CT molecular complexity index is 1110. The highest BCUT2D eigenvalue weighted by Gasteiger charge is 2.34. The number of aromatic amines is 1. The van der Waals surface area contributed by atoms with E-state index in [1.807, 2.05) is 31.2 Å². The smallest absolute Gasteiger partial charge is 0.313 e. The first kappa shape index (κ1) is 19.5. The molecular weight excluding hydrogens is 392 g/mol. The van der Waals surface area contributed by atoms with Gasteiger partial charge in [0.2, 0.25) is 5.13 Å². The number of benzene rings is 1. The van der Waals surface area contributed by atoms with Gasteiger partial charge in [-0.15, -0.1) is 0 Å². The number of aryl methyl sites for hydroxylation is 1. The molecule has 1 saturated heterocycles. The van der Waals surface area contributed by atoms with Crippen molar-refractivity contribution >= 4 is 33.2 Å². The number of ether oxygens (including phenoxy) is 1. The number of hydrazine groups is 1. The highest BCUT2D eigenvalue weighted by atomic mass is 32.1. The molecule has 1 aromatic carbocycles. The second kappa shape index (κ2) is 7.90. The van der Waals surface area contributed by atoms with E-state index >= 15 is 0 Å². The number of nitrogens with one attached hydrogen (secondary N) is 3. The zero-order valence-corrected chi connectivity index (χ0v) is 17.2. The number of fused-ring (bicyclic) bond motifs is 1. The normalized spacial score (nSPS) is 19.8. The molecule has 2 atom stereocenters.